The van der Waals surface area contributed by atoms with E-state index in [9.17, 15) is 19.5 Å². The first kappa shape index (κ1) is 15.4. The molecular weight excluding hydrogens is 310 g/mol. The van der Waals surface area contributed by atoms with Crippen LogP contribution < -0.4 is 21.5 Å². The standard InChI is InChI=1S/C17H13N3O4/c21-15-13(19-11-6-8-18-9-7-11)14(16(15)22)20-12(17(23)24)10-4-2-1-3-5-10/h1-9,12,20H,(H,18,19)(H,23,24)/t12-/m0/s1. The first-order valence-electron chi connectivity index (χ1n) is 7.12. The number of nitrogens with one attached hydrogen (secondary N) is 2. The third-order valence-electron chi connectivity index (χ3n) is 3.53. The van der Waals surface area contributed by atoms with E-state index in [0.717, 1.165) is 0 Å². The Morgan fingerprint density at radius 1 is 0.958 bits per heavy atom. The van der Waals surface area contributed by atoms with Crippen molar-refractivity contribution in [1.82, 2.24) is 4.98 Å². The molecule has 0 aliphatic rings. The van der Waals surface area contributed by atoms with Crippen molar-refractivity contribution >= 4 is 23.0 Å². The Kier molecular flexibility index (Phi) is 4.07. The zero-order valence-electron chi connectivity index (χ0n) is 12.4. The van der Waals surface area contributed by atoms with Gasteiger partial charge in [-0.15, -0.1) is 0 Å². The molecule has 3 N–H and O–H groups in total. The van der Waals surface area contributed by atoms with E-state index in [1.54, 1.807) is 42.5 Å². The van der Waals surface area contributed by atoms with Crippen LogP contribution in [0.1, 0.15) is 11.6 Å². The summed E-state index contributed by atoms with van der Waals surface area (Å²) in [6, 6.07) is 10.6. The molecule has 0 bridgehead atoms. The quantitative estimate of drug-likeness (QED) is 0.592. The maximum absolute atomic E-state index is 11.8. The molecule has 0 aliphatic heterocycles. The van der Waals surface area contributed by atoms with E-state index in [0.29, 0.717) is 11.3 Å². The third-order valence-corrected chi connectivity index (χ3v) is 3.53. The molecule has 2 aromatic carbocycles. The Bertz CT molecular complexity index is 932. The van der Waals surface area contributed by atoms with E-state index in [1.165, 1.54) is 12.4 Å². The van der Waals surface area contributed by atoms with Gasteiger partial charge in [-0.2, -0.15) is 0 Å². The van der Waals surface area contributed by atoms with Crippen LogP contribution >= 0.6 is 0 Å². The van der Waals surface area contributed by atoms with Crippen molar-refractivity contribution in [1.29, 1.82) is 0 Å². The number of nitrogens with zero attached hydrogens (tertiary/aromatic N) is 1. The Morgan fingerprint density at radius 3 is 2.21 bits per heavy atom. The van der Waals surface area contributed by atoms with Gasteiger partial charge in [0.1, 0.15) is 11.4 Å². The maximum Gasteiger partial charge on any atom is 0.330 e. The summed E-state index contributed by atoms with van der Waals surface area (Å²) in [6.07, 6.45) is 3.07. The second kappa shape index (κ2) is 6.33. The van der Waals surface area contributed by atoms with Gasteiger partial charge in [-0.25, -0.2) is 4.79 Å². The van der Waals surface area contributed by atoms with Gasteiger partial charge in [0.05, 0.1) is 0 Å². The molecule has 0 amide bonds. The number of aromatic nitrogens is 1. The first-order chi connectivity index (χ1) is 11.6. The van der Waals surface area contributed by atoms with Crippen LogP contribution in [0.3, 0.4) is 0 Å². The van der Waals surface area contributed by atoms with Gasteiger partial charge in [0.25, 0.3) is 10.9 Å². The minimum absolute atomic E-state index is 0.0342. The van der Waals surface area contributed by atoms with Crippen molar-refractivity contribution in [3.63, 3.8) is 0 Å². The molecule has 1 aromatic heterocycles. The number of hydrogen-bond acceptors (Lipinski definition) is 6. The van der Waals surface area contributed by atoms with Crippen LogP contribution in [0.4, 0.5) is 17.1 Å². The summed E-state index contributed by atoms with van der Waals surface area (Å²) in [4.78, 5) is 39.0. The fourth-order valence-corrected chi connectivity index (χ4v) is 2.31. The molecule has 1 heterocycles. The molecule has 0 unspecified atom stereocenters. The number of anilines is 3. The first-order valence-corrected chi connectivity index (χ1v) is 7.12. The molecular formula is C17H13N3O4. The monoisotopic (exact) mass is 323 g/mol. The highest BCUT2D eigenvalue weighted by molar-refractivity contribution is 5.85. The summed E-state index contributed by atoms with van der Waals surface area (Å²) in [6.45, 7) is 0. The molecule has 0 saturated heterocycles. The van der Waals surface area contributed by atoms with Crippen LogP contribution in [0.2, 0.25) is 0 Å². The van der Waals surface area contributed by atoms with Crippen molar-refractivity contribution in [2.45, 2.75) is 6.04 Å². The lowest BCUT2D eigenvalue weighted by atomic mass is 10.1. The van der Waals surface area contributed by atoms with Gasteiger partial charge in [0.2, 0.25) is 0 Å². The number of hydrogen-bond donors (Lipinski definition) is 3. The van der Waals surface area contributed by atoms with Gasteiger partial charge in [-0.3, -0.25) is 14.6 Å². The van der Waals surface area contributed by atoms with Crippen LogP contribution in [-0.4, -0.2) is 16.1 Å². The largest absolute Gasteiger partial charge is 0.479 e. The molecule has 0 saturated carbocycles. The van der Waals surface area contributed by atoms with E-state index >= 15 is 0 Å². The molecule has 0 spiro atoms. The zero-order valence-corrected chi connectivity index (χ0v) is 12.4. The minimum Gasteiger partial charge on any atom is -0.479 e. The summed E-state index contributed by atoms with van der Waals surface area (Å²) < 4.78 is 0. The molecule has 7 nitrogen and oxygen atoms in total. The lowest BCUT2D eigenvalue weighted by Gasteiger charge is -2.20. The van der Waals surface area contributed by atoms with Gasteiger partial charge in [-0.05, 0) is 17.7 Å². The molecule has 0 aliphatic carbocycles. The third kappa shape index (κ3) is 2.87. The van der Waals surface area contributed by atoms with Crippen LogP contribution in [0.15, 0.2) is 64.4 Å². The van der Waals surface area contributed by atoms with Crippen LogP contribution in [0, 0.1) is 0 Å². The van der Waals surface area contributed by atoms with Crippen molar-refractivity contribution in [2.24, 2.45) is 0 Å². The second-order valence-electron chi connectivity index (χ2n) is 5.10. The molecule has 120 valence electrons. The van der Waals surface area contributed by atoms with Gasteiger partial charge < -0.3 is 15.7 Å². The Morgan fingerprint density at radius 2 is 1.58 bits per heavy atom. The lowest BCUT2D eigenvalue weighted by molar-refractivity contribution is -0.138. The molecule has 1 atom stereocenters. The highest BCUT2D eigenvalue weighted by Crippen LogP contribution is 2.25. The van der Waals surface area contributed by atoms with Crippen LogP contribution in [0.5, 0.6) is 0 Å². The summed E-state index contributed by atoms with van der Waals surface area (Å²) in [5.74, 6) is -1.15. The fraction of sp³-hybridized carbons (Fsp3) is 0.0588. The normalized spacial score (nSPS) is 11.8. The Labute approximate surface area is 136 Å². The molecule has 0 radical (unpaired) electrons. The number of carboxylic acids is 1. The maximum atomic E-state index is 11.8. The molecule has 7 heteroatoms. The van der Waals surface area contributed by atoms with E-state index in [1.807, 2.05) is 0 Å². The average molecular weight is 323 g/mol. The molecule has 0 fully saturated rings. The fourth-order valence-electron chi connectivity index (χ4n) is 2.31. The highest BCUT2D eigenvalue weighted by Gasteiger charge is 2.27. The van der Waals surface area contributed by atoms with Crippen molar-refractivity contribution in [3.05, 3.63) is 80.9 Å². The molecule has 3 aromatic rings. The van der Waals surface area contributed by atoms with Crippen molar-refractivity contribution in [3.8, 4) is 0 Å². The van der Waals surface area contributed by atoms with Gasteiger partial charge in [-0.1, -0.05) is 30.3 Å². The predicted octanol–water partition coefficient (Wildman–Crippen LogP) is 1.66. The second-order valence-corrected chi connectivity index (χ2v) is 5.10. The van der Waals surface area contributed by atoms with E-state index < -0.39 is 22.9 Å². The summed E-state index contributed by atoms with van der Waals surface area (Å²) in [5, 5.41) is 14.9. The number of rotatable bonds is 6. The molecule has 3 rings (SSSR count). The van der Waals surface area contributed by atoms with Crippen molar-refractivity contribution < 1.29 is 9.90 Å². The van der Waals surface area contributed by atoms with Gasteiger partial charge >= 0.3 is 5.97 Å². The SMILES string of the molecule is O=C(O)[C@@H](Nc1c(Nc2ccncc2)c(=O)c1=O)c1ccccc1. The number of carboxylic acid groups (broad SMARTS) is 1. The van der Waals surface area contributed by atoms with E-state index in [-0.39, 0.29) is 11.4 Å². The summed E-state index contributed by atoms with van der Waals surface area (Å²) in [7, 11) is 0. The Hall–Kier alpha value is -3.48. The smallest absolute Gasteiger partial charge is 0.330 e. The number of aliphatic carboxylic acids is 1. The number of carbonyl (C=O) groups is 1. The van der Waals surface area contributed by atoms with Crippen LogP contribution in [0.25, 0.3) is 0 Å². The topological polar surface area (TPSA) is 108 Å². The molecule has 24 heavy (non-hydrogen) atoms. The average Bonchev–Trinajstić information content (AvgIpc) is 2.62. The highest BCUT2D eigenvalue weighted by atomic mass is 16.4. The summed E-state index contributed by atoms with van der Waals surface area (Å²) in [5.41, 5.74) is -0.360. The lowest BCUT2D eigenvalue weighted by Crippen LogP contribution is -2.38. The van der Waals surface area contributed by atoms with Gasteiger partial charge in [0.15, 0.2) is 6.04 Å². The Balaban J connectivity index is 1.90. The van der Waals surface area contributed by atoms with Crippen LogP contribution in [-0.2, 0) is 4.79 Å². The zero-order chi connectivity index (χ0) is 17.1. The number of benzene rings is 1. The van der Waals surface area contributed by atoms with E-state index in [4.69, 9.17) is 0 Å². The van der Waals surface area contributed by atoms with Crippen molar-refractivity contribution in [2.75, 3.05) is 10.6 Å². The summed E-state index contributed by atoms with van der Waals surface area (Å²) >= 11 is 0. The van der Waals surface area contributed by atoms with E-state index in [2.05, 4.69) is 15.6 Å². The minimum atomic E-state index is -1.15. The van der Waals surface area contributed by atoms with Gasteiger partial charge in [0, 0.05) is 18.1 Å². The number of pyridine rings is 1. The predicted molar refractivity (Wildman–Crippen MR) is 89.3 cm³/mol.